The molecule has 1 aliphatic carbocycles. The Hall–Kier alpha value is -2.01. The first-order chi connectivity index (χ1) is 9.81. The molecule has 106 valence electrons. The van der Waals surface area contributed by atoms with Gasteiger partial charge in [-0.25, -0.2) is 0 Å². The van der Waals surface area contributed by atoms with Gasteiger partial charge in [0.05, 0.1) is 32.2 Å². The van der Waals surface area contributed by atoms with Gasteiger partial charge in [-0.15, -0.1) is 0 Å². The van der Waals surface area contributed by atoms with Gasteiger partial charge in [-0.2, -0.15) is 0 Å². The monoisotopic (exact) mass is 274 g/mol. The van der Waals surface area contributed by atoms with E-state index in [2.05, 4.69) is 10.2 Å². The first-order valence-electron chi connectivity index (χ1n) is 6.87. The van der Waals surface area contributed by atoms with E-state index in [-0.39, 0.29) is 5.91 Å². The summed E-state index contributed by atoms with van der Waals surface area (Å²) in [6.45, 7) is 1.52. The maximum atomic E-state index is 12.0. The fraction of sp³-hybridized carbons (Fsp3) is 0.400. The van der Waals surface area contributed by atoms with Gasteiger partial charge in [-0.1, -0.05) is 0 Å². The van der Waals surface area contributed by atoms with Crippen LogP contribution in [0.4, 0.5) is 0 Å². The topological polar surface area (TPSA) is 58.6 Å². The number of hydrogen-bond donors (Lipinski definition) is 1. The zero-order chi connectivity index (χ0) is 13.8. The smallest absolute Gasteiger partial charge is 0.234 e. The van der Waals surface area contributed by atoms with Crippen LogP contribution in [0.25, 0.3) is 0 Å². The molecule has 2 aromatic rings. The Kier molecular flexibility index (Phi) is 3.87. The van der Waals surface area contributed by atoms with E-state index in [0.717, 1.165) is 24.4 Å². The molecule has 1 aliphatic rings. The number of nitrogens with one attached hydrogen (secondary N) is 1. The maximum Gasteiger partial charge on any atom is 0.234 e. The summed E-state index contributed by atoms with van der Waals surface area (Å²) in [5, 5.41) is 2.87. The fourth-order valence-electron chi connectivity index (χ4n) is 2.20. The highest BCUT2D eigenvalue weighted by Crippen LogP contribution is 2.28. The second kappa shape index (κ2) is 5.96. The van der Waals surface area contributed by atoms with E-state index in [9.17, 15) is 4.79 Å². The largest absolute Gasteiger partial charge is 0.468 e. The predicted molar refractivity (Wildman–Crippen MR) is 72.7 cm³/mol. The van der Waals surface area contributed by atoms with Crippen LogP contribution < -0.4 is 5.32 Å². The van der Waals surface area contributed by atoms with Gasteiger partial charge in [0.25, 0.3) is 0 Å². The lowest BCUT2D eigenvalue weighted by Gasteiger charge is -2.19. The van der Waals surface area contributed by atoms with Crippen molar-refractivity contribution in [2.45, 2.75) is 32.0 Å². The highest BCUT2D eigenvalue weighted by molar-refractivity contribution is 5.78. The van der Waals surface area contributed by atoms with Crippen LogP contribution in [0.3, 0.4) is 0 Å². The number of carbonyl (C=O) groups is 1. The van der Waals surface area contributed by atoms with Gasteiger partial charge in [0.1, 0.15) is 11.5 Å². The van der Waals surface area contributed by atoms with Gasteiger partial charge in [0.15, 0.2) is 0 Å². The third-order valence-electron chi connectivity index (χ3n) is 3.39. The van der Waals surface area contributed by atoms with E-state index in [0.29, 0.717) is 25.7 Å². The predicted octanol–water partition coefficient (Wildman–Crippen LogP) is 2.15. The zero-order valence-corrected chi connectivity index (χ0v) is 11.2. The molecule has 1 fully saturated rings. The number of amides is 1. The van der Waals surface area contributed by atoms with Crippen LogP contribution in [-0.2, 0) is 17.9 Å². The minimum Gasteiger partial charge on any atom is -0.468 e. The molecule has 0 radical (unpaired) electrons. The minimum atomic E-state index is 0.0138. The summed E-state index contributed by atoms with van der Waals surface area (Å²) in [5.41, 5.74) is 0. The Morgan fingerprint density at radius 1 is 1.20 bits per heavy atom. The first-order valence-corrected chi connectivity index (χ1v) is 6.87. The molecule has 0 unspecified atom stereocenters. The summed E-state index contributed by atoms with van der Waals surface area (Å²) < 4.78 is 10.5. The molecule has 0 spiro atoms. The van der Waals surface area contributed by atoms with Crippen LogP contribution in [0.2, 0.25) is 0 Å². The molecule has 0 aromatic carbocycles. The molecule has 2 aromatic heterocycles. The van der Waals surface area contributed by atoms with E-state index >= 15 is 0 Å². The normalized spacial score (nSPS) is 14.7. The summed E-state index contributed by atoms with van der Waals surface area (Å²) in [6, 6.07) is 7.99. The van der Waals surface area contributed by atoms with Crippen LogP contribution in [0.15, 0.2) is 45.6 Å². The van der Waals surface area contributed by atoms with Crippen LogP contribution >= 0.6 is 0 Å². The molecule has 20 heavy (non-hydrogen) atoms. The standard InChI is InChI=1S/C15H18N2O3/c18-15(16-9-13-3-1-7-19-13)11-17(12-5-6-12)10-14-4-2-8-20-14/h1-4,7-8,12H,5-6,9-11H2,(H,16,18). The Bertz CT molecular complexity index is 529. The minimum absolute atomic E-state index is 0.0138. The summed E-state index contributed by atoms with van der Waals surface area (Å²) in [4.78, 5) is 14.1. The van der Waals surface area contributed by atoms with Crippen LogP contribution in [0.1, 0.15) is 24.4 Å². The highest BCUT2D eigenvalue weighted by atomic mass is 16.3. The first kappa shape index (κ1) is 13.0. The summed E-state index contributed by atoms with van der Waals surface area (Å²) in [7, 11) is 0. The van der Waals surface area contributed by atoms with Crippen molar-refractivity contribution in [3.05, 3.63) is 48.3 Å². The van der Waals surface area contributed by atoms with E-state index < -0.39 is 0 Å². The van der Waals surface area contributed by atoms with Crippen molar-refractivity contribution in [1.82, 2.24) is 10.2 Å². The number of rotatable bonds is 7. The van der Waals surface area contributed by atoms with Gasteiger partial charge < -0.3 is 14.2 Å². The summed E-state index contributed by atoms with van der Waals surface area (Å²) in [5.74, 6) is 1.68. The molecule has 1 N–H and O–H groups in total. The average Bonchev–Trinajstić information content (AvgIpc) is 2.94. The molecule has 3 rings (SSSR count). The molecule has 1 amide bonds. The molecular weight excluding hydrogens is 256 g/mol. The van der Waals surface area contributed by atoms with Gasteiger partial charge in [0.2, 0.25) is 5.91 Å². The number of nitrogens with zero attached hydrogens (tertiary/aromatic N) is 1. The second-order valence-corrected chi connectivity index (χ2v) is 5.07. The Labute approximate surface area is 117 Å². The molecule has 0 aliphatic heterocycles. The molecule has 0 saturated heterocycles. The number of furan rings is 2. The second-order valence-electron chi connectivity index (χ2n) is 5.07. The summed E-state index contributed by atoms with van der Waals surface area (Å²) >= 11 is 0. The fourth-order valence-corrected chi connectivity index (χ4v) is 2.20. The maximum absolute atomic E-state index is 12.0. The summed E-state index contributed by atoms with van der Waals surface area (Å²) in [6.07, 6.45) is 5.59. The zero-order valence-electron chi connectivity index (χ0n) is 11.2. The van der Waals surface area contributed by atoms with Gasteiger partial charge in [0, 0.05) is 6.04 Å². The molecule has 1 saturated carbocycles. The molecule has 5 nitrogen and oxygen atoms in total. The van der Waals surface area contributed by atoms with Crippen molar-refractivity contribution in [1.29, 1.82) is 0 Å². The number of hydrogen-bond acceptors (Lipinski definition) is 4. The van der Waals surface area contributed by atoms with Gasteiger partial charge in [-0.3, -0.25) is 9.69 Å². The molecule has 5 heteroatoms. The molecule has 0 atom stereocenters. The van der Waals surface area contributed by atoms with Crippen LogP contribution in [-0.4, -0.2) is 23.4 Å². The SMILES string of the molecule is O=C(CN(Cc1ccco1)C1CC1)NCc1ccco1. The van der Waals surface area contributed by atoms with E-state index in [1.165, 1.54) is 0 Å². The van der Waals surface area contributed by atoms with E-state index in [1.54, 1.807) is 12.5 Å². The third kappa shape index (κ3) is 3.51. The van der Waals surface area contributed by atoms with Crippen molar-refractivity contribution >= 4 is 5.91 Å². The van der Waals surface area contributed by atoms with Crippen LogP contribution in [0.5, 0.6) is 0 Å². The Balaban J connectivity index is 1.49. The van der Waals surface area contributed by atoms with Crippen molar-refractivity contribution < 1.29 is 13.6 Å². The van der Waals surface area contributed by atoms with Crippen molar-refractivity contribution in [3.8, 4) is 0 Å². The Morgan fingerprint density at radius 3 is 2.50 bits per heavy atom. The number of carbonyl (C=O) groups excluding carboxylic acids is 1. The lowest BCUT2D eigenvalue weighted by atomic mass is 10.3. The Morgan fingerprint density at radius 2 is 1.90 bits per heavy atom. The quantitative estimate of drug-likeness (QED) is 0.840. The van der Waals surface area contributed by atoms with Crippen molar-refractivity contribution in [2.24, 2.45) is 0 Å². The molecular formula is C15H18N2O3. The van der Waals surface area contributed by atoms with Gasteiger partial charge in [-0.05, 0) is 37.1 Å². The van der Waals surface area contributed by atoms with Gasteiger partial charge >= 0.3 is 0 Å². The lowest BCUT2D eigenvalue weighted by molar-refractivity contribution is -0.122. The molecule has 0 bridgehead atoms. The van der Waals surface area contributed by atoms with Crippen LogP contribution in [0, 0.1) is 0 Å². The lowest BCUT2D eigenvalue weighted by Crippen LogP contribution is -2.37. The average molecular weight is 274 g/mol. The van der Waals surface area contributed by atoms with E-state index in [1.807, 2.05) is 24.3 Å². The highest BCUT2D eigenvalue weighted by Gasteiger charge is 2.30. The van der Waals surface area contributed by atoms with Crippen molar-refractivity contribution in [3.63, 3.8) is 0 Å². The third-order valence-corrected chi connectivity index (χ3v) is 3.39. The molecule has 2 heterocycles. The van der Waals surface area contributed by atoms with Crippen molar-refractivity contribution in [2.75, 3.05) is 6.54 Å². The van der Waals surface area contributed by atoms with E-state index in [4.69, 9.17) is 8.83 Å².